The number of aliphatic hydroxyl groups excluding tert-OH is 1. The molecule has 48 heavy (non-hydrogen) atoms. The number of aryl methyl sites for hydroxylation is 1. The molecule has 0 aliphatic carbocycles. The van der Waals surface area contributed by atoms with E-state index in [-0.39, 0.29) is 25.0 Å². The van der Waals surface area contributed by atoms with Crippen LogP contribution in [0.3, 0.4) is 0 Å². The first-order chi connectivity index (χ1) is 23.0. The standard InChI is InChI=1S/C35H65N2O10P/c1-4-6-8-10-12-14-15-16-18-20-22-44-28-30(45-23-21-19-17-13-11-9-7-5-2)24-35(37-26-29(3)33(39)36-34(37)40)25-31(32(27-38)46-35)47-48(41,42)43/h26,30-32,38H,4-25,27-28H2,1-3H3,(H,36,39,40)(H2,41,42,43)/t30?,31-,32+,35+/m0/s1. The molecule has 12 nitrogen and oxygen atoms in total. The molecule has 2 rings (SSSR count). The number of nitrogens with zero attached hydrogens (tertiary/aromatic N) is 1. The lowest BCUT2D eigenvalue weighted by Crippen LogP contribution is -2.47. The second-order valence-corrected chi connectivity index (χ2v) is 14.7. The Morgan fingerprint density at radius 1 is 0.896 bits per heavy atom. The molecular formula is C35H65N2O10P. The zero-order chi connectivity index (χ0) is 35.3. The number of nitrogens with one attached hydrogen (secondary N) is 1. The summed E-state index contributed by atoms with van der Waals surface area (Å²) in [5.74, 6) is 0. The van der Waals surface area contributed by atoms with E-state index in [2.05, 4.69) is 18.8 Å². The molecule has 1 aliphatic heterocycles. The third-order valence-electron chi connectivity index (χ3n) is 9.16. The van der Waals surface area contributed by atoms with Gasteiger partial charge in [0.25, 0.3) is 5.56 Å². The number of rotatable bonds is 29. The van der Waals surface area contributed by atoms with E-state index in [1.54, 1.807) is 6.92 Å². The fourth-order valence-corrected chi connectivity index (χ4v) is 7.02. The molecule has 1 aromatic heterocycles. The Morgan fingerprint density at radius 3 is 1.94 bits per heavy atom. The zero-order valence-electron chi connectivity index (χ0n) is 29.9. The molecule has 1 saturated heterocycles. The number of ether oxygens (including phenoxy) is 3. The molecule has 2 heterocycles. The first-order valence-electron chi connectivity index (χ1n) is 18.6. The number of phosphoric acid groups is 1. The maximum atomic E-state index is 13.2. The predicted molar refractivity (Wildman–Crippen MR) is 187 cm³/mol. The van der Waals surface area contributed by atoms with E-state index in [1.165, 1.54) is 94.2 Å². The highest BCUT2D eigenvalue weighted by atomic mass is 31.2. The van der Waals surface area contributed by atoms with Crippen molar-refractivity contribution in [2.24, 2.45) is 0 Å². The van der Waals surface area contributed by atoms with Crippen LogP contribution in [0.25, 0.3) is 0 Å². The SMILES string of the molecule is CCCCCCCCCCCCOCC(C[C@]1(n2cc(C)c(=O)[nH]c2=O)C[C@H](OP(=O)(O)O)[C@@H](CO)O1)OCCCCCCCCCC. The van der Waals surface area contributed by atoms with E-state index in [1.807, 2.05) is 0 Å². The van der Waals surface area contributed by atoms with Gasteiger partial charge in [-0.2, -0.15) is 0 Å². The summed E-state index contributed by atoms with van der Waals surface area (Å²) in [5.41, 5.74) is -2.56. The molecular weight excluding hydrogens is 639 g/mol. The zero-order valence-corrected chi connectivity index (χ0v) is 30.8. The number of aliphatic hydroxyl groups is 1. The van der Waals surface area contributed by atoms with E-state index in [4.69, 9.17) is 18.7 Å². The van der Waals surface area contributed by atoms with E-state index in [0.717, 1.165) is 32.1 Å². The average Bonchev–Trinajstić information content (AvgIpc) is 3.38. The molecule has 13 heteroatoms. The first kappa shape index (κ1) is 42.8. The molecule has 1 aliphatic rings. The smallest absolute Gasteiger partial charge is 0.394 e. The molecule has 4 N–H and O–H groups in total. The summed E-state index contributed by atoms with van der Waals surface area (Å²) < 4.78 is 36.7. The van der Waals surface area contributed by atoms with Gasteiger partial charge in [0.1, 0.15) is 12.2 Å². The highest BCUT2D eigenvalue weighted by Gasteiger charge is 2.52. The lowest BCUT2D eigenvalue weighted by Gasteiger charge is -2.34. The Kier molecular flexibility index (Phi) is 21.3. The quantitative estimate of drug-likeness (QED) is 0.0526. The summed E-state index contributed by atoms with van der Waals surface area (Å²) in [5, 5.41) is 10.1. The van der Waals surface area contributed by atoms with Gasteiger partial charge in [0.05, 0.1) is 19.3 Å². The van der Waals surface area contributed by atoms with E-state index in [0.29, 0.717) is 13.2 Å². The van der Waals surface area contributed by atoms with Gasteiger partial charge in [-0.25, -0.2) is 9.36 Å². The number of aromatic amines is 1. The maximum absolute atomic E-state index is 13.2. The largest absolute Gasteiger partial charge is 0.469 e. The molecule has 0 spiro atoms. The summed E-state index contributed by atoms with van der Waals surface area (Å²) in [6, 6.07) is 0. The van der Waals surface area contributed by atoms with Crippen molar-refractivity contribution in [1.82, 2.24) is 9.55 Å². The van der Waals surface area contributed by atoms with E-state index in [9.17, 15) is 29.0 Å². The second-order valence-electron chi connectivity index (χ2n) is 13.5. The Hall–Kier alpha value is -1.37. The maximum Gasteiger partial charge on any atom is 0.469 e. The number of hydrogen-bond donors (Lipinski definition) is 4. The molecule has 1 aromatic rings. The summed E-state index contributed by atoms with van der Waals surface area (Å²) in [7, 11) is -4.95. The van der Waals surface area contributed by atoms with Gasteiger partial charge in [0.2, 0.25) is 0 Å². The highest BCUT2D eigenvalue weighted by Crippen LogP contribution is 2.47. The third kappa shape index (κ3) is 16.6. The van der Waals surface area contributed by atoms with Crippen molar-refractivity contribution in [3.8, 4) is 0 Å². The van der Waals surface area contributed by atoms with Gasteiger partial charge in [-0.15, -0.1) is 0 Å². The summed E-state index contributed by atoms with van der Waals surface area (Å²) in [6.45, 7) is 6.66. The van der Waals surface area contributed by atoms with Crippen LogP contribution in [0.2, 0.25) is 0 Å². The number of aromatic nitrogens is 2. The van der Waals surface area contributed by atoms with Gasteiger partial charge in [-0.05, 0) is 19.8 Å². The van der Waals surface area contributed by atoms with Crippen LogP contribution in [0, 0.1) is 6.92 Å². The minimum atomic E-state index is -4.95. The Labute approximate surface area is 287 Å². The van der Waals surface area contributed by atoms with Crippen LogP contribution in [0.1, 0.15) is 148 Å². The summed E-state index contributed by atoms with van der Waals surface area (Å²) in [4.78, 5) is 46.8. The topological polar surface area (TPSA) is 170 Å². The number of hydrogen-bond acceptors (Lipinski definition) is 8. The van der Waals surface area contributed by atoms with Gasteiger partial charge in [0.15, 0.2) is 5.72 Å². The van der Waals surface area contributed by atoms with Crippen LogP contribution in [0.15, 0.2) is 15.8 Å². The normalized spacial score (nSPS) is 20.5. The van der Waals surface area contributed by atoms with Crippen molar-refractivity contribution in [3.05, 3.63) is 32.6 Å². The first-order valence-corrected chi connectivity index (χ1v) is 20.1. The van der Waals surface area contributed by atoms with Crippen LogP contribution >= 0.6 is 7.82 Å². The van der Waals surface area contributed by atoms with Gasteiger partial charge in [-0.1, -0.05) is 117 Å². The second kappa shape index (κ2) is 23.9. The Balaban J connectivity index is 2.09. The number of phosphoric ester groups is 1. The van der Waals surface area contributed by atoms with Crippen LogP contribution in [0.5, 0.6) is 0 Å². The fourth-order valence-electron chi connectivity index (χ4n) is 6.46. The van der Waals surface area contributed by atoms with E-state index < -0.39 is 49.7 Å². The molecule has 1 fully saturated rings. The summed E-state index contributed by atoms with van der Waals surface area (Å²) in [6.07, 6.45) is 19.8. The highest BCUT2D eigenvalue weighted by molar-refractivity contribution is 7.46. The molecule has 0 bridgehead atoms. The monoisotopic (exact) mass is 704 g/mol. The predicted octanol–water partition coefficient (Wildman–Crippen LogP) is 6.61. The van der Waals surface area contributed by atoms with Crippen molar-refractivity contribution in [1.29, 1.82) is 0 Å². The number of unbranched alkanes of at least 4 members (excludes halogenated alkanes) is 16. The van der Waals surface area contributed by atoms with Gasteiger partial charge < -0.3 is 29.1 Å². The van der Waals surface area contributed by atoms with Gasteiger partial charge >= 0.3 is 13.5 Å². The van der Waals surface area contributed by atoms with Crippen LogP contribution in [0.4, 0.5) is 0 Å². The van der Waals surface area contributed by atoms with Crippen molar-refractivity contribution in [3.63, 3.8) is 0 Å². The number of H-pyrrole nitrogens is 1. The molecule has 280 valence electrons. The van der Waals surface area contributed by atoms with Crippen LogP contribution in [-0.2, 0) is 29.0 Å². The fraction of sp³-hybridized carbons (Fsp3) is 0.886. The van der Waals surface area contributed by atoms with Gasteiger partial charge in [0, 0.05) is 37.8 Å². The minimum absolute atomic E-state index is 0.0744. The molecule has 4 atom stereocenters. The Bertz CT molecular complexity index is 1150. The lowest BCUT2D eigenvalue weighted by molar-refractivity contribution is -0.152. The average molecular weight is 705 g/mol. The van der Waals surface area contributed by atoms with Crippen molar-refractivity contribution in [2.45, 2.75) is 173 Å². The molecule has 0 radical (unpaired) electrons. The third-order valence-corrected chi connectivity index (χ3v) is 9.71. The van der Waals surface area contributed by atoms with Crippen molar-refractivity contribution < 1.29 is 38.2 Å². The van der Waals surface area contributed by atoms with Crippen LogP contribution in [-0.4, -0.2) is 69.2 Å². The molecule has 0 amide bonds. The minimum Gasteiger partial charge on any atom is -0.394 e. The van der Waals surface area contributed by atoms with Crippen molar-refractivity contribution >= 4 is 7.82 Å². The molecule has 1 unspecified atom stereocenters. The van der Waals surface area contributed by atoms with Gasteiger partial charge in [-0.3, -0.25) is 18.9 Å². The lowest BCUT2D eigenvalue weighted by atomic mass is 9.99. The molecule has 0 saturated carbocycles. The molecule has 0 aromatic carbocycles. The van der Waals surface area contributed by atoms with Crippen LogP contribution < -0.4 is 11.2 Å². The Morgan fingerprint density at radius 2 is 1.42 bits per heavy atom. The summed E-state index contributed by atoms with van der Waals surface area (Å²) >= 11 is 0. The van der Waals surface area contributed by atoms with Crippen molar-refractivity contribution in [2.75, 3.05) is 26.4 Å². The van der Waals surface area contributed by atoms with E-state index >= 15 is 0 Å².